The van der Waals surface area contributed by atoms with Crippen LogP contribution in [-0.2, 0) is 27.8 Å². The fourth-order valence-corrected chi connectivity index (χ4v) is 5.29. The number of benzene rings is 2. The van der Waals surface area contributed by atoms with Crippen LogP contribution >= 0.6 is 0 Å². The lowest BCUT2D eigenvalue weighted by Crippen LogP contribution is -2.50. The van der Waals surface area contributed by atoms with Crippen molar-refractivity contribution in [2.24, 2.45) is 0 Å². The number of carbonyl (C=O) groups is 1. The second-order valence-electron chi connectivity index (χ2n) is 7.84. The van der Waals surface area contributed by atoms with E-state index in [1.165, 1.54) is 9.87 Å². The predicted molar refractivity (Wildman–Crippen MR) is 119 cm³/mol. The number of nitrogens with zero attached hydrogens (tertiary/aromatic N) is 2. The summed E-state index contributed by atoms with van der Waals surface area (Å²) in [6.07, 6.45) is 0.923. The highest BCUT2D eigenvalue weighted by Crippen LogP contribution is 2.23. The van der Waals surface area contributed by atoms with E-state index in [1.54, 1.807) is 24.0 Å². The van der Waals surface area contributed by atoms with Gasteiger partial charge in [-0.1, -0.05) is 48.9 Å². The molecule has 0 aliphatic carbocycles. The lowest BCUT2D eigenvalue weighted by atomic mass is 10.1. The van der Waals surface area contributed by atoms with E-state index >= 15 is 0 Å². The molecule has 1 heterocycles. The number of aryl methyl sites for hydroxylation is 3. The number of hydrogen-bond acceptors (Lipinski definition) is 4. The summed E-state index contributed by atoms with van der Waals surface area (Å²) in [5, 5.41) is 3.22. The van der Waals surface area contributed by atoms with Crippen molar-refractivity contribution in [2.75, 3.05) is 32.7 Å². The molecule has 0 radical (unpaired) electrons. The second-order valence-corrected chi connectivity index (χ2v) is 9.75. The van der Waals surface area contributed by atoms with Crippen molar-refractivity contribution in [2.45, 2.75) is 38.6 Å². The van der Waals surface area contributed by atoms with Crippen LogP contribution in [0.15, 0.2) is 47.4 Å². The Bertz CT molecular complexity index is 981. The van der Waals surface area contributed by atoms with E-state index in [0.717, 1.165) is 30.6 Å². The fourth-order valence-electron chi connectivity index (χ4n) is 3.70. The normalized spacial score (nSPS) is 14.9. The minimum atomic E-state index is -3.83. The molecule has 0 bridgehead atoms. The molecule has 0 aromatic heterocycles. The molecule has 162 valence electrons. The van der Waals surface area contributed by atoms with Gasteiger partial charge in [0.1, 0.15) is 0 Å². The molecule has 1 aliphatic rings. The van der Waals surface area contributed by atoms with E-state index in [2.05, 4.69) is 12.2 Å². The predicted octanol–water partition coefficient (Wildman–Crippen LogP) is 2.49. The Balaban J connectivity index is 1.91. The summed E-state index contributed by atoms with van der Waals surface area (Å²) < 4.78 is 28.4. The quantitative estimate of drug-likeness (QED) is 0.734. The lowest BCUT2D eigenvalue weighted by molar-refractivity contribution is -0.132. The zero-order chi connectivity index (χ0) is 21.7. The topological polar surface area (TPSA) is 69.7 Å². The largest absolute Gasteiger partial charge is 0.339 e. The number of piperazine rings is 1. The van der Waals surface area contributed by atoms with Gasteiger partial charge in [0.25, 0.3) is 0 Å². The minimum Gasteiger partial charge on any atom is -0.339 e. The molecular weight excluding hydrogens is 398 g/mol. The van der Waals surface area contributed by atoms with Crippen molar-refractivity contribution < 1.29 is 13.2 Å². The highest BCUT2D eigenvalue weighted by atomic mass is 32.2. The number of amides is 1. The Kier molecular flexibility index (Phi) is 7.28. The molecule has 1 aliphatic heterocycles. The molecule has 1 N–H and O–H groups in total. The van der Waals surface area contributed by atoms with Gasteiger partial charge < -0.3 is 10.2 Å². The first-order chi connectivity index (χ1) is 14.3. The lowest BCUT2D eigenvalue weighted by Gasteiger charge is -2.30. The Morgan fingerprint density at radius 3 is 2.27 bits per heavy atom. The van der Waals surface area contributed by atoms with Crippen LogP contribution in [0.3, 0.4) is 0 Å². The molecule has 1 saturated heterocycles. The van der Waals surface area contributed by atoms with E-state index in [0.29, 0.717) is 18.7 Å². The Morgan fingerprint density at radius 1 is 1.03 bits per heavy atom. The molecule has 30 heavy (non-hydrogen) atoms. The number of carbonyl (C=O) groups excluding carboxylic acids is 1. The molecule has 7 heteroatoms. The van der Waals surface area contributed by atoms with Crippen molar-refractivity contribution in [3.05, 3.63) is 64.7 Å². The molecule has 1 fully saturated rings. The van der Waals surface area contributed by atoms with Gasteiger partial charge in [-0.25, -0.2) is 8.42 Å². The maximum atomic E-state index is 13.6. The summed E-state index contributed by atoms with van der Waals surface area (Å²) in [5.74, 6) is -0.157. The van der Waals surface area contributed by atoms with E-state index in [4.69, 9.17) is 0 Å². The molecule has 2 aromatic carbocycles. The van der Waals surface area contributed by atoms with Crippen molar-refractivity contribution in [3.63, 3.8) is 0 Å². The third-order valence-electron chi connectivity index (χ3n) is 5.52. The highest BCUT2D eigenvalue weighted by Gasteiger charge is 2.30. The Labute approximate surface area is 179 Å². The Hall–Kier alpha value is -2.22. The SMILES string of the molecule is CCc1ccc(CN(CC(=O)N2CCNCC2)S(=O)(=O)c2ccc(C)cc2C)cc1. The van der Waals surface area contributed by atoms with E-state index in [1.807, 2.05) is 37.3 Å². The van der Waals surface area contributed by atoms with Crippen molar-refractivity contribution in [1.82, 2.24) is 14.5 Å². The third-order valence-corrected chi connectivity index (χ3v) is 7.47. The van der Waals surface area contributed by atoms with Gasteiger partial charge in [0, 0.05) is 32.7 Å². The van der Waals surface area contributed by atoms with Crippen LogP contribution in [0.5, 0.6) is 0 Å². The summed E-state index contributed by atoms with van der Waals surface area (Å²) in [7, 11) is -3.83. The molecule has 0 saturated carbocycles. The van der Waals surface area contributed by atoms with Crippen LogP contribution in [-0.4, -0.2) is 56.3 Å². The van der Waals surface area contributed by atoms with Gasteiger partial charge in [-0.3, -0.25) is 4.79 Å². The van der Waals surface area contributed by atoms with Crippen LogP contribution < -0.4 is 5.32 Å². The number of nitrogens with one attached hydrogen (secondary N) is 1. The van der Waals surface area contributed by atoms with Crippen LogP contribution in [0.4, 0.5) is 0 Å². The summed E-state index contributed by atoms with van der Waals surface area (Å²) in [6.45, 7) is 8.47. The highest BCUT2D eigenvalue weighted by molar-refractivity contribution is 7.89. The van der Waals surface area contributed by atoms with Gasteiger partial charge in [0.15, 0.2) is 0 Å². The van der Waals surface area contributed by atoms with E-state index in [-0.39, 0.29) is 23.9 Å². The van der Waals surface area contributed by atoms with Gasteiger partial charge in [0.05, 0.1) is 11.4 Å². The Morgan fingerprint density at radius 2 is 1.67 bits per heavy atom. The molecule has 0 unspecified atom stereocenters. The summed E-state index contributed by atoms with van der Waals surface area (Å²) in [6, 6.07) is 13.2. The maximum absolute atomic E-state index is 13.6. The summed E-state index contributed by atoms with van der Waals surface area (Å²) >= 11 is 0. The van der Waals surface area contributed by atoms with Crippen molar-refractivity contribution in [1.29, 1.82) is 0 Å². The van der Waals surface area contributed by atoms with Crippen LogP contribution in [0.25, 0.3) is 0 Å². The zero-order valence-electron chi connectivity index (χ0n) is 18.0. The molecule has 2 aromatic rings. The number of rotatable bonds is 7. The smallest absolute Gasteiger partial charge is 0.244 e. The first kappa shape index (κ1) is 22.5. The molecule has 6 nitrogen and oxygen atoms in total. The van der Waals surface area contributed by atoms with Crippen molar-refractivity contribution >= 4 is 15.9 Å². The minimum absolute atomic E-state index is 0.157. The van der Waals surface area contributed by atoms with Crippen LogP contribution in [0, 0.1) is 13.8 Å². The van der Waals surface area contributed by atoms with Gasteiger partial charge in [-0.2, -0.15) is 4.31 Å². The summed E-state index contributed by atoms with van der Waals surface area (Å²) in [4.78, 5) is 14.9. The molecule has 3 rings (SSSR count). The maximum Gasteiger partial charge on any atom is 0.244 e. The third kappa shape index (κ3) is 5.28. The van der Waals surface area contributed by atoms with Crippen LogP contribution in [0.2, 0.25) is 0 Å². The molecular formula is C23H31N3O3S. The second kappa shape index (κ2) is 9.73. The van der Waals surface area contributed by atoms with Gasteiger partial charge >= 0.3 is 0 Å². The first-order valence-electron chi connectivity index (χ1n) is 10.4. The fraction of sp³-hybridized carbons (Fsp3) is 0.435. The van der Waals surface area contributed by atoms with Crippen LogP contribution in [0.1, 0.15) is 29.2 Å². The van der Waals surface area contributed by atoms with Gasteiger partial charge in [-0.15, -0.1) is 0 Å². The monoisotopic (exact) mass is 429 g/mol. The average molecular weight is 430 g/mol. The molecule has 0 spiro atoms. The number of hydrogen-bond donors (Lipinski definition) is 1. The van der Waals surface area contributed by atoms with Gasteiger partial charge in [0.2, 0.25) is 15.9 Å². The first-order valence-corrected chi connectivity index (χ1v) is 11.9. The molecule has 0 atom stereocenters. The van der Waals surface area contributed by atoms with Gasteiger partial charge in [-0.05, 0) is 43.0 Å². The zero-order valence-corrected chi connectivity index (χ0v) is 18.8. The van der Waals surface area contributed by atoms with E-state index in [9.17, 15) is 13.2 Å². The van der Waals surface area contributed by atoms with Crippen molar-refractivity contribution in [3.8, 4) is 0 Å². The van der Waals surface area contributed by atoms with E-state index < -0.39 is 10.0 Å². The average Bonchev–Trinajstić information content (AvgIpc) is 2.74. The molecule has 1 amide bonds. The number of sulfonamides is 1. The summed E-state index contributed by atoms with van der Waals surface area (Å²) in [5.41, 5.74) is 3.76. The standard InChI is InChI=1S/C23H31N3O3S/c1-4-20-6-8-21(9-7-20)16-26(17-23(27)25-13-11-24-12-14-25)30(28,29)22-10-5-18(2)15-19(22)3/h5-10,15,24H,4,11-14,16-17H2,1-3H3.